The van der Waals surface area contributed by atoms with Gasteiger partial charge in [0.15, 0.2) is 18.1 Å². The molecule has 0 aromatic heterocycles. The monoisotopic (exact) mass is 457 g/mol. The van der Waals surface area contributed by atoms with Gasteiger partial charge < -0.3 is 14.8 Å². The maximum absolute atomic E-state index is 12.8. The molecule has 2 N–H and O–H groups in total. The second-order valence-electron chi connectivity index (χ2n) is 7.06. The van der Waals surface area contributed by atoms with Gasteiger partial charge in [-0.3, -0.25) is 10.2 Å². The molecule has 0 aliphatic carbocycles. The van der Waals surface area contributed by atoms with Gasteiger partial charge >= 0.3 is 6.18 Å². The van der Waals surface area contributed by atoms with Crippen LogP contribution >= 0.6 is 0 Å². The van der Waals surface area contributed by atoms with E-state index in [-0.39, 0.29) is 18.2 Å². The highest BCUT2D eigenvalue weighted by Gasteiger charge is 2.30. The standard InChI is InChI=1S/C24H22F3N3O3/c1-16-6-9-19(10-7-16)29-23(31)15-33-21-11-8-17(12-22(21)32-2)14-28-30-20-5-3-4-18(13-20)24(25,26)27/h3-14,30H,15H2,1-2H3,(H,29,31). The fraction of sp³-hybridized carbons (Fsp3) is 0.167. The molecule has 172 valence electrons. The van der Waals surface area contributed by atoms with E-state index in [4.69, 9.17) is 9.47 Å². The molecule has 3 aromatic carbocycles. The summed E-state index contributed by atoms with van der Waals surface area (Å²) < 4.78 is 49.2. The Bertz CT molecular complexity index is 1130. The third kappa shape index (κ3) is 6.99. The Morgan fingerprint density at radius 2 is 1.76 bits per heavy atom. The fourth-order valence-corrected chi connectivity index (χ4v) is 2.81. The van der Waals surface area contributed by atoms with Crippen LogP contribution in [0.15, 0.2) is 71.8 Å². The summed E-state index contributed by atoms with van der Waals surface area (Å²) in [6, 6.07) is 17.0. The molecule has 3 rings (SSSR count). The Morgan fingerprint density at radius 3 is 2.45 bits per heavy atom. The minimum atomic E-state index is -4.43. The van der Waals surface area contributed by atoms with E-state index in [1.165, 1.54) is 25.5 Å². The van der Waals surface area contributed by atoms with Gasteiger partial charge in [-0.05, 0) is 61.0 Å². The van der Waals surface area contributed by atoms with Gasteiger partial charge in [0.05, 0.1) is 24.6 Å². The van der Waals surface area contributed by atoms with Crippen LogP contribution in [0, 0.1) is 6.92 Å². The summed E-state index contributed by atoms with van der Waals surface area (Å²) in [7, 11) is 1.45. The molecule has 0 aliphatic rings. The highest BCUT2D eigenvalue weighted by atomic mass is 19.4. The van der Waals surface area contributed by atoms with Crippen molar-refractivity contribution in [3.05, 3.63) is 83.4 Å². The van der Waals surface area contributed by atoms with Crippen LogP contribution in [0.25, 0.3) is 0 Å². The lowest BCUT2D eigenvalue weighted by molar-refractivity contribution is -0.137. The van der Waals surface area contributed by atoms with Crippen molar-refractivity contribution in [3.63, 3.8) is 0 Å². The normalized spacial score (nSPS) is 11.3. The number of benzene rings is 3. The molecule has 0 saturated heterocycles. The molecule has 0 radical (unpaired) electrons. The van der Waals surface area contributed by atoms with E-state index in [0.717, 1.165) is 17.7 Å². The lowest BCUT2D eigenvalue weighted by atomic mass is 10.2. The molecule has 0 bridgehead atoms. The summed E-state index contributed by atoms with van der Waals surface area (Å²) >= 11 is 0. The first kappa shape index (κ1) is 23.6. The van der Waals surface area contributed by atoms with Gasteiger partial charge in [0.2, 0.25) is 0 Å². The average Bonchev–Trinajstić information content (AvgIpc) is 2.79. The summed E-state index contributed by atoms with van der Waals surface area (Å²) in [5.74, 6) is 0.414. The van der Waals surface area contributed by atoms with Crippen LogP contribution in [-0.4, -0.2) is 25.8 Å². The SMILES string of the molecule is COc1cc(C=NNc2cccc(C(F)(F)F)c2)ccc1OCC(=O)Nc1ccc(C)cc1. The third-order valence-electron chi connectivity index (χ3n) is 4.48. The number of rotatable bonds is 8. The summed E-state index contributed by atoms with van der Waals surface area (Å²) in [5, 5.41) is 6.70. The lowest BCUT2D eigenvalue weighted by Gasteiger charge is -2.11. The number of hydrogen-bond acceptors (Lipinski definition) is 5. The average molecular weight is 457 g/mol. The Morgan fingerprint density at radius 1 is 1.00 bits per heavy atom. The van der Waals surface area contributed by atoms with Gasteiger partial charge in [0.1, 0.15) is 0 Å². The summed E-state index contributed by atoms with van der Waals surface area (Å²) in [5.41, 5.74) is 4.37. The Hall–Kier alpha value is -4.01. The molecule has 0 fully saturated rings. The van der Waals surface area contributed by atoms with Crippen molar-refractivity contribution >= 4 is 23.5 Å². The van der Waals surface area contributed by atoms with Crippen LogP contribution in [0.5, 0.6) is 11.5 Å². The number of aryl methyl sites for hydroxylation is 1. The first-order valence-corrected chi connectivity index (χ1v) is 9.88. The van der Waals surface area contributed by atoms with E-state index in [9.17, 15) is 18.0 Å². The van der Waals surface area contributed by atoms with Gasteiger partial charge in [-0.1, -0.05) is 23.8 Å². The largest absolute Gasteiger partial charge is 0.493 e. The number of ether oxygens (including phenoxy) is 2. The molecule has 0 aliphatic heterocycles. The van der Waals surface area contributed by atoms with Gasteiger partial charge in [0, 0.05) is 5.69 Å². The lowest BCUT2D eigenvalue weighted by Crippen LogP contribution is -2.20. The van der Waals surface area contributed by atoms with Crippen molar-refractivity contribution in [1.29, 1.82) is 0 Å². The Balaban J connectivity index is 1.59. The maximum atomic E-state index is 12.8. The van der Waals surface area contributed by atoms with E-state index in [2.05, 4.69) is 15.8 Å². The second kappa shape index (κ2) is 10.5. The number of hydrazone groups is 1. The number of nitrogens with one attached hydrogen (secondary N) is 2. The van der Waals surface area contributed by atoms with Crippen molar-refractivity contribution < 1.29 is 27.4 Å². The highest BCUT2D eigenvalue weighted by Crippen LogP contribution is 2.31. The number of carbonyl (C=O) groups is 1. The fourth-order valence-electron chi connectivity index (χ4n) is 2.81. The molecule has 0 unspecified atom stereocenters. The molecule has 9 heteroatoms. The van der Waals surface area contributed by atoms with E-state index in [1.54, 1.807) is 30.3 Å². The molecule has 3 aromatic rings. The quantitative estimate of drug-likeness (QED) is 0.347. The first-order valence-electron chi connectivity index (χ1n) is 9.88. The molecular formula is C24H22F3N3O3. The zero-order valence-corrected chi connectivity index (χ0v) is 17.9. The molecule has 0 spiro atoms. The third-order valence-corrected chi connectivity index (χ3v) is 4.48. The number of amides is 1. The topological polar surface area (TPSA) is 71.9 Å². The first-order chi connectivity index (χ1) is 15.7. The maximum Gasteiger partial charge on any atom is 0.416 e. The van der Waals surface area contributed by atoms with Crippen LogP contribution in [-0.2, 0) is 11.0 Å². The number of alkyl halides is 3. The van der Waals surface area contributed by atoms with Crippen LogP contribution in [0.1, 0.15) is 16.7 Å². The van der Waals surface area contributed by atoms with Gasteiger partial charge in [0.25, 0.3) is 5.91 Å². The number of carbonyl (C=O) groups excluding carboxylic acids is 1. The molecule has 1 amide bonds. The van der Waals surface area contributed by atoms with Crippen molar-refractivity contribution in [2.75, 3.05) is 24.5 Å². The minimum Gasteiger partial charge on any atom is -0.493 e. The Labute approximate surface area is 189 Å². The number of hydrogen-bond donors (Lipinski definition) is 2. The van der Waals surface area contributed by atoms with Crippen molar-refractivity contribution in [2.45, 2.75) is 13.1 Å². The van der Waals surface area contributed by atoms with E-state index in [0.29, 0.717) is 22.7 Å². The van der Waals surface area contributed by atoms with Crippen molar-refractivity contribution in [3.8, 4) is 11.5 Å². The molecular weight excluding hydrogens is 435 g/mol. The number of halogens is 3. The van der Waals surface area contributed by atoms with Crippen molar-refractivity contribution in [2.24, 2.45) is 5.10 Å². The van der Waals surface area contributed by atoms with E-state index >= 15 is 0 Å². The Kier molecular flexibility index (Phi) is 7.55. The number of methoxy groups -OCH3 is 1. The summed E-state index contributed by atoms with van der Waals surface area (Å²) in [6.07, 6.45) is -3.00. The highest BCUT2D eigenvalue weighted by molar-refractivity contribution is 5.92. The van der Waals surface area contributed by atoms with Crippen LogP contribution in [0.4, 0.5) is 24.5 Å². The van der Waals surface area contributed by atoms with E-state index in [1.807, 2.05) is 19.1 Å². The molecule has 0 heterocycles. The van der Waals surface area contributed by atoms with Gasteiger partial charge in [-0.15, -0.1) is 0 Å². The van der Waals surface area contributed by atoms with Gasteiger partial charge in [-0.25, -0.2) is 0 Å². The number of nitrogens with zero attached hydrogens (tertiary/aromatic N) is 1. The molecule has 33 heavy (non-hydrogen) atoms. The number of anilines is 2. The predicted molar refractivity (Wildman–Crippen MR) is 121 cm³/mol. The van der Waals surface area contributed by atoms with Gasteiger partial charge in [-0.2, -0.15) is 18.3 Å². The smallest absolute Gasteiger partial charge is 0.416 e. The molecule has 0 saturated carbocycles. The summed E-state index contributed by atoms with van der Waals surface area (Å²) in [4.78, 5) is 12.1. The summed E-state index contributed by atoms with van der Waals surface area (Å²) in [6.45, 7) is 1.74. The second-order valence-corrected chi connectivity index (χ2v) is 7.06. The molecule has 6 nitrogen and oxygen atoms in total. The molecule has 0 atom stereocenters. The minimum absolute atomic E-state index is 0.201. The zero-order chi connectivity index (χ0) is 23.8. The van der Waals surface area contributed by atoms with Crippen LogP contribution < -0.4 is 20.2 Å². The van der Waals surface area contributed by atoms with E-state index < -0.39 is 11.7 Å². The zero-order valence-electron chi connectivity index (χ0n) is 17.9. The van der Waals surface area contributed by atoms with Crippen molar-refractivity contribution in [1.82, 2.24) is 0 Å². The van der Waals surface area contributed by atoms with Crippen LogP contribution in [0.3, 0.4) is 0 Å². The van der Waals surface area contributed by atoms with Crippen LogP contribution in [0.2, 0.25) is 0 Å². The predicted octanol–water partition coefficient (Wildman–Crippen LogP) is 5.49.